The molecule has 1 aliphatic rings. The van der Waals surface area contributed by atoms with Gasteiger partial charge in [-0.25, -0.2) is 0 Å². The van der Waals surface area contributed by atoms with Gasteiger partial charge in [0.1, 0.15) is 5.75 Å². The van der Waals surface area contributed by atoms with Gasteiger partial charge in [-0.3, -0.25) is 4.79 Å². The number of carbonyl (C=O) groups excluding carboxylic acids is 1. The maximum Gasteiger partial charge on any atom is 0.227 e. The lowest BCUT2D eigenvalue weighted by molar-refractivity contribution is -0.135. The summed E-state index contributed by atoms with van der Waals surface area (Å²) in [6.45, 7) is 2.17. The largest absolute Gasteiger partial charge is 0.497 e. The van der Waals surface area contributed by atoms with Gasteiger partial charge in [0.05, 0.1) is 20.1 Å². The summed E-state index contributed by atoms with van der Waals surface area (Å²) in [6.07, 6.45) is 2.26. The molecule has 4 nitrogen and oxygen atoms in total. The van der Waals surface area contributed by atoms with Crippen LogP contribution < -0.4 is 4.74 Å². The summed E-state index contributed by atoms with van der Waals surface area (Å²) in [5.41, 5.74) is 1.02. The Morgan fingerprint density at radius 1 is 1.25 bits per heavy atom. The maximum absolute atomic E-state index is 13.0. The van der Waals surface area contributed by atoms with E-state index in [1.807, 2.05) is 35.2 Å². The Hall–Kier alpha value is -1.85. The Bertz CT molecular complexity index is 633. The third-order valence-corrected chi connectivity index (χ3v) is 5.23. The highest BCUT2D eigenvalue weighted by Gasteiger charge is 2.26. The van der Waals surface area contributed by atoms with Gasteiger partial charge in [-0.05, 0) is 42.0 Å². The van der Waals surface area contributed by atoms with Crippen molar-refractivity contribution in [3.63, 3.8) is 0 Å². The van der Waals surface area contributed by atoms with E-state index in [1.54, 1.807) is 18.4 Å². The van der Waals surface area contributed by atoms with Crippen LogP contribution in [0.15, 0.2) is 41.8 Å². The van der Waals surface area contributed by atoms with E-state index in [0.29, 0.717) is 13.0 Å². The fourth-order valence-corrected chi connectivity index (χ4v) is 3.71. The summed E-state index contributed by atoms with van der Waals surface area (Å²) in [7, 11) is 1.65. The highest BCUT2D eigenvalue weighted by atomic mass is 32.1. The third kappa shape index (κ3) is 4.36. The van der Waals surface area contributed by atoms with Gasteiger partial charge in [-0.1, -0.05) is 18.2 Å². The standard InChI is InChI=1S/C19H23NO3S/c1-22-17-6-4-15(5-7-17)13-19(21)20(14-18-3-2-12-24-18)16-8-10-23-11-9-16/h2-7,12,16H,8-11,13-14H2,1H3. The van der Waals surface area contributed by atoms with E-state index in [9.17, 15) is 4.79 Å². The average molecular weight is 345 g/mol. The number of carbonyl (C=O) groups is 1. The average Bonchev–Trinajstić information content (AvgIpc) is 3.14. The quantitative estimate of drug-likeness (QED) is 0.804. The number of benzene rings is 1. The van der Waals surface area contributed by atoms with Gasteiger partial charge >= 0.3 is 0 Å². The lowest BCUT2D eigenvalue weighted by Crippen LogP contribution is -2.43. The van der Waals surface area contributed by atoms with Crippen molar-refractivity contribution in [3.05, 3.63) is 52.2 Å². The van der Waals surface area contributed by atoms with Crippen LogP contribution in [-0.2, 0) is 22.5 Å². The van der Waals surface area contributed by atoms with Gasteiger partial charge in [-0.2, -0.15) is 0 Å². The molecular weight excluding hydrogens is 322 g/mol. The minimum Gasteiger partial charge on any atom is -0.497 e. The fourth-order valence-electron chi connectivity index (χ4n) is 3.01. The van der Waals surface area contributed by atoms with E-state index >= 15 is 0 Å². The molecule has 1 aromatic carbocycles. The van der Waals surface area contributed by atoms with Crippen molar-refractivity contribution >= 4 is 17.2 Å². The number of thiophene rings is 1. The molecule has 128 valence electrons. The molecule has 3 rings (SSSR count). The van der Waals surface area contributed by atoms with Crippen LogP contribution in [0, 0.1) is 0 Å². The Labute approximate surface area is 147 Å². The zero-order valence-electron chi connectivity index (χ0n) is 13.9. The first kappa shape index (κ1) is 17.0. The zero-order chi connectivity index (χ0) is 16.8. The first-order valence-corrected chi connectivity index (χ1v) is 9.17. The Balaban J connectivity index is 1.71. The molecule has 5 heteroatoms. The van der Waals surface area contributed by atoms with Crippen LogP contribution in [0.2, 0.25) is 0 Å². The molecule has 0 aliphatic carbocycles. The molecule has 0 radical (unpaired) electrons. The van der Waals surface area contributed by atoms with Crippen molar-refractivity contribution in [2.24, 2.45) is 0 Å². The summed E-state index contributed by atoms with van der Waals surface area (Å²) in [4.78, 5) is 16.2. The molecule has 1 aromatic heterocycles. The highest BCUT2D eigenvalue weighted by molar-refractivity contribution is 7.09. The molecule has 1 fully saturated rings. The van der Waals surface area contributed by atoms with E-state index in [4.69, 9.17) is 9.47 Å². The van der Waals surface area contributed by atoms with Crippen molar-refractivity contribution < 1.29 is 14.3 Å². The number of hydrogen-bond acceptors (Lipinski definition) is 4. The lowest BCUT2D eigenvalue weighted by Gasteiger charge is -2.34. The number of nitrogens with zero attached hydrogens (tertiary/aromatic N) is 1. The molecule has 0 saturated carbocycles. The fraction of sp³-hybridized carbons (Fsp3) is 0.421. The van der Waals surface area contributed by atoms with E-state index in [2.05, 4.69) is 11.4 Å². The first-order chi connectivity index (χ1) is 11.8. The molecule has 1 amide bonds. The summed E-state index contributed by atoms with van der Waals surface area (Å²) in [5, 5.41) is 2.06. The molecule has 2 aromatic rings. The molecule has 1 aliphatic heterocycles. The molecule has 0 bridgehead atoms. The minimum atomic E-state index is 0.181. The number of ether oxygens (including phenoxy) is 2. The molecular formula is C19H23NO3S. The summed E-state index contributed by atoms with van der Waals surface area (Å²) < 4.78 is 10.6. The topological polar surface area (TPSA) is 38.8 Å². The second kappa shape index (κ2) is 8.31. The molecule has 0 N–H and O–H groups in total. The molecule has 1 saturated heterocycles. The Morgan fingerprint density at radius 2 is 2.00 bits per heavy atom. The minimum absolute atomic E-state index is 0.181. The number of methoxy groups -OCH3 is 1. The molecule has 24 heavy (non-hydrogen) atoms. The van der Waals surface area contributed by atoms with Crippen molar-refractivity contribution in [2.75, 3.05) is 20.3 Å². The summed E-state index contributed by atoms with van der Waals surface area (Å²) in [6, 6.07) is 12.1. The van der Waals surface area contributed by atoms with Gasteiger partial charge in [0, 0.05) is 24.1 Å². The first-order valence-electron chi connectivity index (χ1n) is 8.29. The normalized spacial score (nSPS) is 15.2. The molecule has 0 unspecified atom stereocenters. The van der Waals surface area contributed by atoms with E-state index in [0.717, 1.165) is 37.4 Å². The smallest absolute Gasteiger partial charge is 0.227 e. The second-order valence-electron chi connectivity index (χ2n) is 5.97. The van der Waals surface area contributed by atoms with Gasteiger partial charge < -0.3 is 14.4 Å². The van der Waals surface area contributed by atoms with Crippen LogP contribution >= 0.6 is 11.3 Å². The van der Waals surface area contributed by atoms with Crippen molar-refractivity contribution in [3.8, 4) is 5.75 Å². The van der Waals surface area contributed by atoms with Crippen LogP contribution in [0.1, 0.15) is 23.3 Å². The van der Waals surface area contributed by atoms with E-state index < -0.39 is 0 Å². The van der Waals surface area contributed by atoms with Crippen molar-refractivity contribution in [1.82, 2.24) is 4.90 Å². The van der Waals surface area contributed by atoms with Gasteiger partial charge in [0.25, 0.3) is 0 Å². The van der Waals surface area contributed by atoms with Crippen LogP contribution in [0.25, 0.3) is 0 Å². The molecule has 0 spiro atoms. The lowest BCUT2D eigenvalue weighted by atomic mass is 10.0. The second-order valence-corrected chi connectivity index (χ2v) is 7.00. The van der Waals surface area contributed by atoms with Gasteiger partial charge in [-0.15, -0.1) is 11.3 Å². The maximum atomic E-state index is 13.0. The Morgan fingerprint density at radius 3 is 2.62 bits per heavy atom. The Kier molecular flexibility index (Phi) is 5.88. The van der Waals surface area contributed by atoms with E-state index in [-0.39, 0.29) is 11.9 Å². The van der Waals surface area contributed by atoms with Gasteiger partial charge in [0.15, 0.2) is 0 Å². The number of rotatable bonds is 6. The SMILES string of the molecule is COc1ccc(CC(=O)N(Cc2cccs2)C2CCOCC2)cc1. The molecule has 2 heterocycles. The summed E-state index contributed by atoms with van der Waals surface area (Å²) in [5.74, 6) is 0.992. The number of hydrogen-bond donors (Lipinski definition) is 0. The van der Waals surface area contributed by atoms with Crippen LogP contribution in [0.3, 0.4) is 0 Å². The zero-order valence-corrected chi connectivity index (χ0v) is 14.8. The predicted molar refractivity (Wildman–Crippen MR) is 95.4 cm³/mol. The number of amides is 1. The van der Waals surface area contributed by atoms with Crippen LogP contribution in [-0.4, -0.2) is 37.2 Å². The van der Waals surface area contributed by atoms with Gasteiger partial charge in [0.2, 0.25) is 5.91 Å². The van der Waals surface area contributed by atoms with Crippen LogP contribution in [0.4, 0.5) is 0 Å². The van der Waals surface area contributed by atoms with Crippen LogP contribution in [0.5, 0.6) is 5.75 Å². The van der Waals surface area contributed by atoms with Crippen molar-refractivity contribution in [1.29, 1.82) is 0 Å². The monoisotopic (exact) mass is 345 g/mol. The summed E-state index contributed by atoms with van der Waals surface area (Å²) >= 11 is 1.70. The van der Waals surface area contributed by atoms with E-state index in [1.165, 1.54) is 4.88 Å². The third-order valence-electron chi connectivity index (χ3n) is 4.37. The molecule has 0 atom stereocenters. The van der Waals surface area contributed by atoms with Crippen molar-refractivity contribution in [2.45, 2.75) is 31.8 Å². The highest BCUT2D eigenvalue weighted by Crippen LogP contribution is 2.21. The predicted octanol–water partition coefficient (Wildman–Crippen LogP) is 3.51.